The number of esters is 4. The van der Waals surface area contributed by atoms with E-state index in [2.05, 4.69) is 53.6 Å². The van der Waals surface area contributed by atoms with Crippen LogP contribution in [0.2, 0.25) is 0 Å². The number of carbonyl (C=O) groups is 5. The predicted octanol–water partition coefficient (Wildman–Crippen LogP) is 8.48. The average Bonchev–Trinajstić information content (AvgIpc) is 3.35. The number of nitrogens with one attached hydrogen (secondary N) is 1. The molecule has 1 amide bonds. The van der Waals surface area contributed by atoms with Crippen LogP contribution in [0.4, 0.5) is 4.79 Å². The second-order valence-electron chi connectivity index (χ2n) is 15.8. The van der Waals surface area contributed by atoms with E-state index in [0.29, 0.717) is 24.5 Å². The summed E-state index contributed by atoms with van der Waals surface area (Å²) >= 11 is 5.54. The van der Waals surface area contributed by atoms with Gasteiger partial charge in [0.1, 0.15) is 5.60 Å². The average molecular weight is 950 g/mol. The van der Waals surface area contributed by atoms with Gasteiger partial charge in [-0.3, -0.25) is 14.7 Å². The van der Waals surface area contributed by atoms with Crippen LogP contribution in [0.25, 0.3) is 16.2 Å². The van der Waals surface area contributed by atoms with E-state index < -0.39 is 23.6 Å². The van der Waals surface area contributed by atoms with Gasteiger partial charge < -0.3 is 33.8 Å². The van der Waals surface area contributed by atoms with Crippen molar-refractivity contribution >= 4 is 58.7 Å². The van der Waals surface area contributed by atoms with Crippen LogP contribution in [-0.4, -0.2) is 107 Å². The molecule has 4 aromatic rings. The monoisotopic (exact) mass is 948 g/mol. The highest BCUT2D eigenvalue weighted by molar-refractivity contribution is 6.18. The molecular weight excluding hydrogens is 888 g/mol. The maximum Gasteiger partial charge on any atom is 0.414 e. The first kappa shape index (κ1) is 55.1. The topological polar surface area (TPSA) is 163 Å². The van der Waals surface area contributed by atoms with Crippen molar-refractivity contribution in [2.24, 2.45) is 4.99 Å². The van der Waals surface area contributed by atoms with Crippen molar-refractivity contribution in [2.45, 2.75) is 58.5 Å². The normalized spacial score (nSPS) is 14.0. The number of nitrogens with zero attached hydrogens (tertiary/aromatic N) is 3. The molecule has 0 saturated heterocycles. The van der Waals surface area contributed by atoms with E-state index in [9.17, 15) is 24.0 Å². The Morgan fingerprint density at radius 2 is 1.25 bits per heavy atom. The minimum Gasteiger partial charge on any atom is -0.469 e. The molecule has 0 fully saturated rings. The minimum absolute atomic E-state index is 0.170. The molecule has 0 aliphatic carbocycles. The fraction of sp³-hybridized carbons (Fsp3) is 0.340. The van der Waals surface area contributed by atoms with Gasteiger partial charge in [-0.1, -0.05) is 103 Å². The first-order chi connectivity index (χ1) is 32.7. The highest BCUT2D eigenvalue weighted by Crippen LogP contribution is 2.30. The Morgan fingerprint density at radius 1 is 0.706 bits per heavy atom. The van der Waals surface area contributed by atoms with Crippen molar-refractivity contribution in [3.8, 4) is 0 Å². The molecule has 15 heteroatoms. The highest BCUT2D eigenvalue weighted by Gasteiger charge is 2.30. The van der Waals surface area contributed by atoms with Gasteiger partial charge in [-0.15, -0.1) is 11.6 Å². The van der Waals surface area contributed by atoms with Crippen LogP contribution in [-0.2, 0) is 68.5 Å². The van der Waals surface area contributed by atoms with Crippen molar-refractivity contribution in [3.05, 3.63) is 166 Å². The van der Waals surface area contributed by atoms with Crippen molar-refractivity contribution in [1.29, 1.82) is 0 Å². The van der Waals surface area contributed by atoms with E-state index >= 15 is 0 Å². The molecule has 3 aliphatic heterocycles. The molecular formula is C53H61ClN4O10. The van der Waals surface area contributed by atoms with Gasteiger partial charge in [-0.2, -0.15) is 0 Å². The van der Waals surface area contributed by atoms with Crippen molar-refractivity contribution < 1.29 is 47.7 Å². The standard InChI is InChI=1S/C17H21NO4.2C12H13NO2.C8H9Cl.C4H5NO2/c1-17(2,3)22-16(20)18-10-9-12-7-5-6-8-13(12)14(18)11-15(19)21-4;2*1-15-12(14)8-11-10-5-3-2-4-9(10)6-7-13-11;9-7-6-8-4-2-1-3-5-8;1-5-3-4(6)7-2/h5-8,11H,9-10H2,1-4H3;2-5H,6-8H2,1H3;2-5,8,13H,6-7H2,1H3;1-5H,6-7H2;3H2,2H3/b14-11-;;11-8-;;. The molecule has 0 aromatic heterocycles. The molecule has 3 aliphatic rings. The predicted molar refractivity (Wildman–Crippen MR) is 264 cm³/mol. The minimum atomic E-state index is -0.593. The number of carbonyl (C=O) groups excluding carboxylic acids is 5. The number of amides is 1. The van der Waals surface area contributed by atoms with E-state index in [4.69, 9.17) is 27.6 Å². The largest absolute Gasteiger partial charge is 0.469 e. The summed E-state index contributed by atoms with van der Waals surface area (Å²) in [4.78, 5) is 65.0. The number of alkyl halides is 1. The molecule has 0 radical (unpaired) electrons. The lowest BCUT2D eigenvalue weighted by Crippen LogP contribution is -2.39. The van der Waals surface area contributed by atoms with Crippen LogP contribution >= 0.6 is 11.6 Å². The van der Waals surface area contributed by atoms with Crippen LogP contribution in [0.3, 0.4) is 0 Å². The summed E-state index contributed by atoms with van der Waals surface area (Å²) in [7, 11) is 5.35. The van der Waals surface area contributed by atoms with Gasteiger partial charge in [0.25, 0.3) is 0 Å². The number of ether oxygens (including phenoxy) is 5. The maximum atomic E-state index is 12.4. The first-order valence-electron chi connectivity index (χ1n) is 21.9. The Kier molecular flexibility index (Phi) is 23.8. The van der Waals surface area contributed by atoms with E-state index in [1.807, 2.05) is 99.6 Å². The number of hydrogen-bond donors (Lipinski definition) is 1. The second-order valence-corrected chi connectivity index (χ2v) is 16.2. The maximum absolute atomic E-state index is 12.4. The lowest BCUT2D eigenvalue weighted by atomic mass is 9.96. The summed E-state index contributed by atoms with van der Waals surface area (Å²) in [6, 6.07) is 34.1. The quantitative estimate of drug-likeness (QED) is 0.0622. The number of rotatable bonds is 7. The Labute approximate surface area is 404 Å². The molecule has 360 valence electrons. The molecule has 0 spiro atoms. The van der Waals surface area contributed by atoms with E-state index in [1.54, 1.807) is 0 Å². The fourth-order valence-electron chi connectivity index (χ4n) is 6.71. The zero-order chi connectivity index (χ0) is 49.9. The summed E-state index contributed by atoms with van der Waals surface area (Å²) in [5, 5.41) is 3.20. The zero-order valence-electron chi connectivity index (χ0n) is 39.8. The molecule has 14 nitrogen and oxygen atoms in total. The molecule has 7 rings (SSSR count). The molecule has 0 unspecified atom stereocenters. The Balaban J connectivity index is 0.000000237. The number of hydrogen-bond acceptors (Lipinski definition) is 12. The van der Waals surface area contributed by atoms with Crippen molar-refractivity contribution in [3.63, 3.8) is 0 Å². The number of fused-ring (bicyclic) bond motifs is 3. The Hall–Kier alpha value is -7.24. The smallest absolute Gasteiger partial charge is 0.414 e. The molecule has 0 saturated carbocycles. The molecule has 0 bridgehead atoms. The van der Waals surface area contributed by atoms with Crippen LogP contribution in [0, 0.1) is 6.57 Å². The van der Waals surface area contributed by atoms with Gasteiger partial charge in [-0.25, -0.2) is 25.8 Å². The number of halogens is 1. The van der Waals surface area contributed by atoms with Gasteiger partial charge >= 0.3 is 36.5 Å². The lowest BCUT2D eigenvalue weighted by molar-refractivity contribution is -0.139. The number of methoxy groups -OCH3 is 4. The summed E-state index contributed by atoms with van der Waals surface area (Å²) in [5.41, 5.74) is 9.61. The second kappa shape index (κ2) is 29.4. The van der Waals surface area contributed by atoms with Crippen molar-refractivity contribution in [1.82, 2.24) is 10.2 Å². The van der Waals surface area contributed by atoms with Gasteiger partial charge in [-0.05, 0) is 74.3 Å². The van der Waals surface area contributed by atoms with Crippen LogP contribution in [0.5, 0.6) is 0 Å². The van der Waals surface area contributed by atoms with Crippen molar-refractivity contribution in [2.75, 3.05) is 60.5 Å². The Morgan fingerprint density at radius 3 is 1.81 bits per heavy atom. The van der Waals surface area contributed by atoms with Crippen LogP contribution in [0.15, 0.2) is 120 Å². The first-order valence-corrected chi connectivity index (χ1v) is 22.4. The lowest BCUT2D eigenvalue weighted by Gasteiger charge is -2.33. The fourth-order valence-corrected chi connectivity index (χ4v) is 6.93. The third-order valence-electron chi connectivity index (χ3n) is 9.95. The summed E-state index contributed by atoms with van der Waals surface area (Å²) in [6.45, 7) is 13.5. The number of aliphatic imine (C=N–C) groups is 1. The van der Waals surface area contributed by atoms with Crippen LogP contribution in [0.1, 0.15) is 66.1 Å². The van der Waals surface area contributed by atoms with Gasteiger partial charge in [0.2, 0.25) is 0 Å². The molecule has 4 aromatic carbocycles. The third-order valence-corrected chi connectivity index (χ3v) is 10.1. The molecule has 0 atom stereocenters. The third kappa shape index (κ3) is 18.9. The summed E-state index contributed by atoms with van der Waals surface area (Å²) < 4.78 is 23.5. The van der Waals surface area contributed by atoms with E-state index in [-0.39, 0.29) is 24.9 Å². The summed E-state index contributed by atoms with van der Waals surface area (Å²) in [6.07, 6.45) is 6.29. The van der Waals surface area contributed by atoms with E-state index in [1.165, 1.54) is 62.2 Å². The number of benzene rings is 4. The van der Waals surface area contributed by atoms with E-state index in [0.717, 1.165) is 66.0 Å². The van der Waals surface area contributed by atoms with Gasteiger partial charge in [0, 0.05) is 54.5 Å². The molecule has 1 N–H and O–H groups in total. The number of aryl methyl sites for hydroxylation is 1. The SMILES string of the molecule is COC(=O)/C=C1/c2ccccc2CCN1C(=O)OC(C)(C)C.COC(=O)/C=C1\NCCc2ccccc21.COC(=O)CC1=NCCc2ccccc21.ClCCc1ccccc1.[C-]#[N+]CC(=O)OC. The zero-order valence-corrected chi connectivity index (χ0v) is 40.6. The summed E-state index contributed by atoms with van der Waals surface area (Å²) in [5.74, 6) is -0.820. The van der Waals surface area contributed by atoms with Gasteiger partial charge in [0.05, 0.1) is 46.3 Å². The molecule has 68 heavy (non-hydrogen) atoms. The van der Waals surface area contributed by atoms with Gasteiger partial charge in [0.15, 0.2) is 0 Å². The van der Waals surface area contributed by atoms with Crippen LogP contribution < -0.4 is 5.32 Å². The highest BCUT2D eigenvalue weighted by atomic mass is 35.5. The molecule has 3 heterocycles. The Bertz CT molecular complexity index is 2440.